The van der Waals surface area contributed by atoms with Gasteiger partial charge in [-0.1, -0.05) is 30.3 Å². The summed E-state index contributed by atoms with van der Waals surface area (Å²) in [5.41, 5.74) is 2.22. The average molecular weight is 421 g/mol. The molecule has 152 valence electrons. The lowest BCUT2D eigenvalue weighted by molar-refractivity contribution is -0.134. The van der Waals surface area contributed by atoms with Crippen LogP contribution in [-0.4, -0.2) is 32.2 Å². The molecule has 1 aromatic carbocycles. The number of carboxylic acid groups (broad SMARTS) is 1. The van der Waals surface area contributed by atoms with Crippen LogP contribution in [0, 0.1) is 13.8 Å². The van der Waals surface area contributed by atoms with Gasteiger partial charge in [0.15, 0.2) is 5.78 Å². The first-order valence-corrected chi connectivity index (χ1v) is 9.86. The smallest absolute Gasteiger partial charge is 0.300 e. The predicted molar refractivity (Wildman–Crippen MR) is 118 cm³/mol. The summed E-state index contributed by atoms with van der Waals surface area (Å²) in [5, 5.41) is 12.4. The number of carbonyl (C=O) groups is 2. The number of hydrogen-bond donors (Lipinski definition) is 1. The molecule has 2 aromatic heterocycles. The first-order valence-electron chi connectivity index (χ1n) is 9.04. The molecule has 0 saturated heterocycles. The highest BCUT2D eigenvalue weighted by Gasteiger charge is 2.18. The topological polar surface area (TPSA) is 102 Å². The number of thiophene rings is 1. The van der Waals surface area contributed by atoms with Crippen LogP contribution < -0.4 is 5.56 Å². The van der Waals surface area contributed by atoms with Gasteiger partial charge in [-0.2, -0.15) is 9.78 Å². The molecule has 0 spiro atoms. The van der Waals surface area contributed by atoms with Crippen molar-refractivity contribution in [2.24, 2.45) is 5.10 Å². The van der Waals surface area contributed by atoms with E-state index in [2.05, 4.69) is 10.1 Å². The number of ketones is 1. The first-order chi connectivity index (χ1) is 14.3. The van der Waals surface area contributed by atoms with Gasteiger partial charge in [0.05, 0.1) is 11.1 Å². The number of nitrogens with zero attached hydrogens (tertiary/aromatic N) is 3. The molecule has 3 aromatic rings. The zero-order chi connectivity index (χ0) is 21.8. The predicted octanol–water partition coefficient (Wildman–Crippen LogP) is 3.73. The van der Waals surface area contributed by atoms with Crippen LogP contribution in [-0.2, 0) is 9.59 Å². The summed E-state index contributed by atoms with van der Waals surface area (Å²) in [6.45, 7) is 4.83. The maximum Gasteiger partial charge on any atom is 0.300 e. The monoisotopic (exact) mass is 421 g/mol. The van der Waals surface area contributed by atoms with Crippen molar-refractivity contribution in [3.05, 3.63) is 75.7 Å². The molecule has 0 radical (unpaired) electrons. The molecule has 8 heteroatoms. The molecule has 30 heavy (non-hydrogen) atoms. The van der Waals surface area contributed by atoms with Crippen molar-refractivity contribution >= 4 is 39.0 Å². The lowest BCUT2D eigenvalue weighted by Crippen LogP contribution is -2.21. The molecule has 1 N–H and O–H groups in total. The van der Waals surface area contributed by atoms with Crippen molar-refractivity contribution in [1.29, 1.82) is 0 Å². The second-order valence-electron chi connectivity index (χ2n) is 6.47. The molecule has 4 rings (SSSR count). The molecular weight excluding hydrogens is 402 g/mol. The minimum Gasteiger partial charge on any atom is -0.481 e. The molecule has 1 aliphatic rings. The Hall–Kier alpha value is -3.65. The van der Waals surface area contributed by atoms with Gasteiger partial charge < -0.3 is 5.11 Å². The Morgan fingerprint density at radius 3 is 2.27 bits per heavy atom. The van der Waals surface area contributed by atoms with Gasteiger partial charge in [0.2, 0.25) is 0 Å². The number of aryl methyl sites for hydroxylation is 2. The van der Waals surface area contributed by atoms with Crippen LogP contribution in [0.4, 0.5) is 0 Å². The van der Waals surface area contributed by atoms with Crippen LogP contribution in [0.2, 0.25) is 0 Å². The molecule has 0 amide bonds. The fourth-order valence-corrected chi connectivity index (χ4v) is 4.03. The lowest BCUT2D eigenvalue weighted by Gasteiger charge is -2.07. The normalized spacial score (nSPS) is 12.6. The fraction of sp³-hybridized carbons (Fsp3) is 0.136. The number of carbonyl (C=O) groups excluding carboxylic acids is 1. The van der Waals surface area contributed by atoms with Crippen molar-refractivity contribution in [2.45, 2.75) is 20.8 Å². The standard InChI is InChI=1S/C20H15N3O2S.C2H4O2/c1-12-17(14-6-4-3-5-7-14)18-19(26-12)21-13(2)23(20(18)25)22-15-8-10-16(24)11-9-15;1-2(3)4/h3-11H,1-2H3;1H3,(H,3,4). The van der Waals surface area contributed by atoms with Crippen molar-refractivity contribution in [1.82, 2.24) is 9.66 Å². The Morgan fingerprint density at radius 2 is 1.67 bits per heavy atom. The number of benzene rings is 1. The van der Waals surface area contributed by atoms with E-state index in [9.17, 15) is 9.59 Å². The molecule has 0 saturated carbocycles. The van der Waals surface area contributed by atoms with Crippen molar-refractivity contribution in [3.63, 3.8) is 0 Å². The quantitative estimate of drug-likeness (QED) is 0.635. The van der Waals surface area contributed by atoms with Crippen LogP contribution in [0.5, 0.6) is 0 Å². The highest BCUT2D eigenvalue weighted by molar-refractivity contribution is 7.19. The van der Waals surface area contributed by atoms with Gasteiger partial charge in [0.25, 0.3) is 11.5 Å². The van der Waals surface area contributed by atoms with E-state index in [4.69, 9.17) is 9.90 Å². The average Bonchev–Trinajstić information content (AvgIpc) is 3.02. The molecule has 0 aliphatic heterocycles. The number of rotatable bonds is 2. The molecule has 7 nitrogen and oxygen atoms in total. The second kappa shape index (κ2) is 8.79. The number of aliphatic carboxylic acids is 1. The highest BCUT2D eigenvalue weighted by Crippen LogP contribution is 2.35. The lowest BCUT2D eigenvalue weighted by atomic mass is 10.0. The maximum atomic E-state index is 13.2. The molecule has 0 fully saturated rings. The van der Waals surface area contributed by atoms with E-state index >= 15 is 0 Å². The number of allylic oxidation sites excluding steroid dienone is 4. The van der Waals surface area contributed by atoms with E-state index < -0.39 is 5.97 Å². The van der Waals surface area contributed by atoms with Crippen molar-refractivity contribution in [3.8, 4) is 11.1 Å². The highest BCUT2D eigenvalue weighted by atomic mass is 32.1. The summed E-state index contributed by atoms with van der Waals surface area (Å²) in [7, 11) is 0. The summed E-state index contributed by atoms with van der Waals surface area (Å²) in [6, 6.07) is 9.83. The zero-order valence-corrected chi connectivity index (χ0v) is 17.4. The van der Waals surface area contributed by atoms with Crippen molar-refractivity contribution in [2.75, 3.05) is 0 Å². The van der Waals surface area contributed by atoms with Gasteiger partial charge in [-0.05, 0) is 43.7 Å². The summed E-state index contributed by atoms with van der Waals surface area (Å²) in [4.78, 5) is 39.8. The van der Waals surface area contributed by atoms with E-state index in [0.29, 0.717) is 21.8 Å². The number of hydrogen-bond acceptors (Lipinski definition) is 6. The van der Waals surface area contributed by atoms with Crippen LogP contribution >= 0.6 is 11.3 Å². The molecule has 0 bridgehead atoms. The van der Waals surface area contributed by atoms with E-state index in [0.717, 1.165) is 22.9 Å². The Kier molecular flexibility index (Phi) is 6.17. The van der Waals surface area contributed by atoms with Crippen LogP contribution in [0.3, 0.4) is 0 Å². The number of fused-ring (bicyclic) bond motifs is 1. The SMILES string of the molecule is CC(=O)O.Cc1sc2nc(C)n(N=C3C=CC(=O)C=C3)c(=O)c2c1-c1ccccc1. The molecule has 1 aliphatic carbocycles. The van der Waals surface area contributed by atoms with Gasteiger partial charge in [0, 0.05) is 17.4 Å². The summed E-state index contributed by atoms with van der Waals surface area (Å²) < 4.78 is 1.31. The third-order valence-corrected chi connectivity index (χ3v) is 5.16. The van der Waals surface area contributed by atoms with Gasteiger partial charge in [-0.15, -0.1) is 11.3 Å². The maximum absolute atomic E-state index is 13.2. The minimum absolute atomic E-state index is 0.0959. The second-order valence-corrected chi connectivity index (χ2v) is 7.67. The molecular formula is C22H19N3O4S. The Balaban J connectivity index is 0.000000589. The summed E-state index contributed by atoms with van der Waals surface area (Å²) >= 11 is 1.51. The van der Waals surface area contributed by atoms with Crippen molar-refractivity contribution < 1.29 is 14.7 Å². The summed E-state index contributed by atoms with van der Waals surface area (Å²) in [5.74, 6) is -0.420. The van der Waals surface area contributed by atoms with E-state index in [-0.39, 0.29) is 11.3 Å². The van der Waals surface area contributed by atoms with Gasteiger partial charge in [-0.25, -0.2) is 4.98 Å². The van der Waals surface area contributed by atoms with Gasteiger partial charge >= 0.3 is 0 Å². The Labute approximate surface area is 176 Å². The number of aromatic nitrogens is 2. The van der Waals surface area contributed by atoms with Gasteiger partial charge in [0.1, 0.15) is 10.7 Å². The van der Waals surface area contributed by atoms with Crippen LogP contribution in [0.15, 0.2) is 64.5 Å². The summed E-state index contributed by atoms with van der Waals surface area (Å²) in [6.07, 6.45) is 6.04. The zero-order valence-electron chi connectivity index (χ0n) is 16.6. The first kappa shape index (κ1) is 21.1. The Morgan fingerprint density at radius 1 is 1.07 bits per heavy atom. The van der Waals surface area contributed by atoms with E-state index in [1.165, 1.54) is 28.2 Å². The molecule has 2 heterocycles. The number of carboxylic acids is 1. The fourth-order valence-electron chi connectivity index (χ4n) is 2.95. The molecule has 0 atom stereocenters. The molecule has 0 unspecified atom stereocenters. The Bertz CT molecular complexity index is 1260. The third kappa shape index (κ3) is 4.49. The third-order valence-electron chi connectivity index (χ3n) is 4.16. The minimum atomic E-state index is -0.833. The van der Waals surface area contributed by atoms with Crippen LogP contribution in [0.1, 0.15) is 17.6 Å². The van der Waals surface area contributed by atoms with E-state index in [1.807, 2.05) is 37.3 Å². The van der Waals surface area contributed by atoms with E-state index in [1.54, 1.807) is 19.1 Å². The van der Waals surface area contributed by atoms with Gasteiger partial charge in [-0.3, -0.25) is 14.4 Å². The van der Waals surface area contributed by atoms with Crippen LogP contribution in [0.25, 0.3) is 21.3 Å². The largest absolute Gasteiger partial charge is 0.481 e.